The third-order valence-electron chi connectivity index (χ3n) is 4.31. The molecule has 124 valence electrons. The highest BCUT2D eigenvalue weighted by Crippen LogP contribution is 2.40. The van der Waals surface area contributed by atoms with Gasteiger partial charge in [0, 0.05) is 17.5 Å². The van der Waals surface area contributed by atoms with Crippen molar-refractivity contribution in [3.8, 4) is 11.6 Å². The van der Waals surface area contributed by atoms with Gasteiger partial charge in [0.1, 0.15) is 17.0 Å². The fourth-order valence-electron chi connectivity index (χ4n) is 2.90. The summed E-state index contributed by atoms with van der Waals surface area (Å²) >= 11 is 0. The number of aromatic nitrogens is 5. The lowest BCUT2D eigenvalue weighted by molar-refractivity contribution is 0.0692. The van der Waals surface area contributed by atoms with Crippen LogP contribution in [-0.4, -0.2) is 36.2 Å². The van der Waals surface area contributed by atoms with Gasteiger partial charge in [0.25, 0.3) is 0 Å². The van der Waals surface area contributed by atoms with Crippen LogP contribution in [-0.2, 0) is 0 Å². The molecular formula is C17H13N5O3. The third-order valence-corrected chi connectivity index (χ3v) is 4.31. The van der Waals surface area contributed by atoms with Crippen molar-refractivity contribution in [2.45, 2.75) is 18.8 Å². The lowest BCUT2D eigenvalue weighted by Gasteiger charge is -2.08. The fraction of sp³-hybridized carbons (Fsp3) is 0.176. The number of H-pyrrole nitrogens is 2. The van der Waals surface area contributed by atoms with Gasteiger partial charge in [-0.15, -0.1) is 0 Å². The van der Waals surface area contributed by atoms with Crippen molar-refractivity contribution in [2.75, 3.05) is 0 Å². The van der Waals surface area contributed by atoms with E-state index >= 15 is 0 Å². The molecule has 8 heteroatoms. The lowest BCUT2D eigenvalue weighted by atomic mass is 10.2. The minimum atomic E-state index is -1.09. The maximum absolute atomic E-state index is 11.3. The molecule has 0 radical (unpaired) electrons. The summed E-state index contributed by atoms with van der Waals surface area (Å²) < 4.78 is 6.04. The summed E-state index contributed by atoms with van der Waals surface area (Å²) in [4.78, 5) is 23.5. The number of carboxylic acid groups (broad SMARTS) is 1. The number of hydrogen-bond acceptors (Lipinski definition) is 5. The molecule has 5 rings (SSSR count). The fourth-order valence-corrected chi connectivity index (χ4v) is 2.90. The zero-order valence-corrected chi connectivity index (χ0v) is 13.0. The molecule has 3 heterocycles. The van der Waals surface area contributed by atoms with Gasteiger partial charge < -0.3 is 14.8 Å². The number of ether oxygens (including phenoxy) is 1. The van der Waals surface area contributed by atoms with Crippen molar-refractivity contribution in [1.29, 1.82) is 0 Å². The van der Waals surface area contributed by atoms with E-state index in [-0.39, 0.29) is 5.69 Å². The number of para-hydroxylation sites is 1. The standard InChI is InChI=1S/C17H13N5O3/c23-17(24)13-9-2-1-3-11(12(9)21-22-13)25-16-10-6-7-18-15(10)19-14(20-16)8-4-5-8/h1-3,6-8H,4-5H2,(H,21,22)(H,23,24)(H,18,19,20). The van der Waals surface area contributed by atoms with Crippen LogP contribution in [0.5, 0.6) is 11.6 Å². The molecule has 0 atom stereocenters. The van der Waals surface area contributed by atoms with Crippen LogP contribution in [0.4, 0.5) is 0 Å². The Labute approximate surface area is 140 Å². The number of hydrogen-bond donors (Lipinski definition) is 3. The highest BCUT2D eigenvalue weighted by atomic mass is 16.5. The zero-order chi connectivity index (χ0) is 17.0. The van der Waals surface area contributed by atoms with Crippen LogP contribution in [0.1, 0.15) is 35.1 Å². The molecule has 0 amide bonds. The predicted molar refractivity (Wildman–Crippen MR) is 89.0 cm³/mol. The number of rotatable bonds is 4. The zero-order valence-electron chi connectivity index (χ0n) is 13.0. The van der Waals surface area contributed by atoms with Gasteiger partial charge >= 0.3 is 5.97 Å². The van der Waals surface area contributed by atoms with Crippen molar-refractivity contribution in [3.63, 3.8) is 0 Å². The molecule has 4 aromatic rings. The summed E-state index contributed by atoms with van der Waals surface area (Å²) in [6, 6.07) is 7.04. The van der Waals surface area contributed by atoms with Crippen molar-refractivity contribution >= 4 is 27.9 Å². The van der Waals surface area contributed by atoms with E-state index in [0.29, 0.717) is 28.5 Å². The van der Waals surface area contributed by atoms with E-state index in [9.17, 15) is 9.90 Å². The van der Waals surface area contributed by atoms with Crippen molar-refractivity contribution in [3.05, 3.63) is 42.0 Å². The van der Waals surface area contributed by atoms with Gasteiger partial charge in [-0.3, -0.25) is 5.10 Å². The number of fused-ring (bicyclic) bond motifs is 2. The molecule has 0 unspecified atom stereocenters. The molecule has 0 aliphatic heterocycles. The first kappa shape index (κ1) is 14.0. The second-order valence-corrected chi connectivity index (χ2v) is 6.06. The Hall–Kier alpha value is -3.42. The van der Waals surface area contributed by atoms with Gasteiger partial charge in [0.15, 0.2) is 11.4 Å². The van der Waals surface area contributed by atoms with Crippen molar-refractivity contribution < 1.29 is 14.6 Å². The summed E-state index contributed by atoms with van der Waals surface area (Å²) in [5.74, 6) is 0.992. The molecule has 0 bridgehead atoms. The van der Waals surface area contributed by atoms with E-state index in [1.54, 1.807) is 24.4 Å². The first-order valence-electron chi connectivity index (χ1n) is 7.94. The summed E-state index contributed by atoms with van der Waals surface area (Å²) in [5, 5.41) is 17.1. The van der Waals surface area contributed by atoms with Gasteiger partial charge in [-0.25, -0.2) is 9.78 Å². The average molecular weight is 335 g/mol. The van der Waals surface area contributed by atoms with E-state index in [1.807, 2.05) is 6.07 Å². The first-order chi connectivity index (χ1) is 12.2. The number of benzene rings is 1. The number of aromatic carboxylic acids is 1. The molecule has 1 aliphatic rings. The highest BCUT2D eigenvalue weighted by Gasteiger charge is 2.28. The van der Waals surface area contributed by atoms with Crippen LogP contribution in [0, 0.1) is 0 Å². The quantitative estimate of drug-likeness (QED) is 0.527. The molecule has 3 N–H and O–H groups in total. The second-order valence-electron chi connectivity index (χ2n) is 6.06. The number of aromatic amines is 2. The van der Waals surface area contributed by atoms with Crippen molar-refractivity contribution in [1.82, 2.24) is 25.1 Å². The number of carboxylic acids is 1. The Morgan fingerprint density at radius 1 is 1.20 bits per heavy atom. The van der Waals surface area contributed by atoms with Crippen LogP contribution < -0.4 is 4.74 Å². The highest BCUT2D eigenvalue weighted by molar-refractivity contribution is 6.02. The van der Waals surface area contributed by atoms with Crippen LogP contribution >= 0.6 is 0 Å². The Balaban J connectivity index is 1.64. The molecule has 1 fully saturated rings. The van der Waals surface area contributed by atoms with Gasteiger partial charge in [-0.1, -0.05) is 12.1 Å². The normalized spacial score (nSPS) is 14.2. The van der Waals surface area contributed by atoms with Gasteiger partial charge in [0.2, 0.25) is 5.88 Å². The maximum Gasteiger partial charge on any atom is 0.357 e. The van der Waals surface area contributed by atoms with E-state index in [1.165, 1.54) is 0 Å². The summed E-state index contributed by atoms with van der Waals surface area (Å²) in [6.07, 6.45) is 3.97. The van der Waals surface area contributed by atoms with Gasteiger partial charge in [-0.2, -0.15) is 10.1 Å². The Kier molecular flexibility index (Phi) is 2.81. The number of carbonyl (C=O) groups is 1. The molecule has 25 heavy (non-hydrogen) atoms. The van der Waals surface area contributed by atoms with Crippen LogP contribution in [0.2, 0.25) is 0 Å². The number of nitrogens with zero attached hydrogens (tertiary/aromatic N) is 3. The van der Waals surface area contributed by atoms with E-state index in [2.05, 4.69) is 25.1 Å². The minimum absolute atomic E-state index is 0.0337. The topological polar surface area (TPSA) is 117 Å². The molecule has 8 nitrogen and oxygen atoms in total. The first-order valence-corrected chi connectivity index (χ1v) is 7.94. The molecule has 1 saturated carbocycles. The van der Waals surface area contributed by atoms with Crippen LogP contribution in [0.15, 0.2) is 30.5 Å². The third kappa shape index (κ3) is 2.22. The molecule has 0 saturated heterocycles. The second kappa shape index (κ2) is 5.04. The van der Waals surface area contributed by atoms with Crippen LogP contribution in [0.3, 0.4) is 0 Å². The number of nitrogens with one attached hydrogen (secondary N) is 2. The largest absolute Gasteiger partial charge is 0.476 e. The SMILES string of the molecule is O=C(O)c1n[nH]c2c(Oc3nc(C4CC4)nc4[nH]ccc34)cccc12. The van der Waals surface area contributed by atoms with E-state index in [0.717, 1.165) is 29.7 Å². The van der Waals surface area contributed by atoms with Crippen molar-refractivity contribution in [2.24, 2.45) is 0 Å². The minimum Gasteiger partial charge on any atom is -0.476 e. The van der Waals surface area contributed by atoms with Gasteiger partial charge in [0.05, 0.1) is 5.39 Å². The molecule has 0 spiro atoms. The molecule has 3 aromatic heterocycles. The Bertz CT molecular complexity index is 1130. The molecule has 1 aliphatic carbocycles. The van der Waals surface area contributed by atoms with E-state index in [4.69, 9.17) is 4.74 Å². The summed E-state index contributed by atoms with van der Waals surface area (Å²) in [5.41, 5.74) is 1.22. The average Bonchev–Trinajstić information content (AvgIpc) is 3.17. The Morgan fingerprint density at radius 2 is 2.08 bits per heavy atom. The summed E-state index contributed by atoms with van der Waals surface area (Å²) in [7, 11) is 0. The molecule has 1 aromatic carbocycles. The molecular weight excluding hydrogens is 322 g/mol. The lowest BCUT2D eigenvalue weighted by Crippen LogP contribution is -1.98. The maximum atomic E-state index is 11.3. The van der Waals surface area contributed by atoms with E-state index < -0.39 is 5.97 Å². The van der Waals surface area contributed by atoms with Crippen LogP contribution in [0.25, 0.3) is 21.9 Å². The monoisotopic (exact) mass is 335 g/mol. The smallest absolute Gasteiger partial charge is 0.357 e. The predicted octanol–water partition coefficient (Wildman–Crippen LogP) is 3.20. The Morgan fingerprint density at radius 3 is 2.88 bits per heavy atom. The van der Waals surface area contributed by atoms with Gasteiger partial charge in [-0.05, 0) is 25.0 Å². The summed E-state index contributed by atoms with van der Waals surface area (Å²) in [6.45, 7) is 0.